The van der Waals surface area contributed by atoms with Crippen LogP contribution in [0.2, 0.25) is 0 Å². The average molecular weight is 128 g/mol. The lowest BCUT2D eigenvalue weighted by molar-refractivity contribution is 0.208. The van der Waals surface area contributed by atoms with Crippen molar-refractivity contribution >= 4 is 5.71 Å². The van der Waals surface area contributed by atoms with E-state index in [1.54, 1.807) is 6.92 Å². The van der Waals surface area contributed by atoms with E-state index in [4.69, 9.17) is 0 Å². The summed E-state index contributed by atoms with van der Waals surface area (Å²) >= 11 is 0. The highest BCUT2D eigenvalue weighted by Crippen LogP contribution is 1.99. The molecule has 0 aliphatic carbocycles. The Morgan fingerprint density at radius 1 is 1.44 bits per heavy atom. The van der Waals surface area contributed by atoms with Crippen molar-refractivity contribution in [2.24, 2.45) is 5.16 Å². The Morgan fingerprint density at radius 2 is 2.11 bits per heavy atom. The maximum atomic E-state index is 9.81. The second-order valence-corrected chi connectivity index (χ2v) is 2.28. The zero-order chi connectivity index (χ0) is 7.11. The fourth-order valence-electron chi connectivity index (χ4n) is 0.676. The molecule has 2 nitrogen and oxygen atoms in total. The van der Waals surface area contributed by atoms with Gasteiger partial charge in [-0.1, -0.05) is 19.8 Å². The van der Waals surface area contributed by atoms with Gasteiger partial charge in [-0.25, -0.2) is 0 Å². The Morgan fingerprint density at radius 3 is 2.56 bits per heavy atom. The van der Waals surface area contributed by atoms with E-state index in [0.717, 1.165) is 18.6 Å². The summed E-state index contributed by atoms with van der Waals surface area (Å²) < 4.78 is 0. The highest BCUT2D eigenvalue weighted by Gasteiger charge is 1.90. The minimum absolute atomic E-state index is 0.725. The molecule has 0 saturated heterocycles. The fourth-order valence-corrected chi connectivity index (χ4v) is 0.676. The number of hydrogen-bond acceptors (Lipinski definition) is 1. The third-order valence-electron chi connectivity index (χ3n) is 1.30. The van der Waals surface area contributed by atoms with Crippen molar-refractivity contribution in [2.45, 2.75) is 39.5 Å². The van der Waals surface area contributed by atoms with Crippen LogP contribution in [0.3, 0.4) is 0 Å². The van der Waals surface area contributed by atoms with E-state index in [1.807, 2.05) is 0 Å². The van der Waals surface area contributed by atoms with Gasteiger partial charge < -0.3 is 0 Å². The van der Waals surface area contributed by atoms with Gasteiger partial charge in [0.2, 0.25) is 0 Å². The van der Waals surface area contributed by atoms with Gasteiger partial charge in [0.1, 0.15) is 0 Å². The van der Waals surface area contributed by atoms with Gasteiger partial charge in [-0.2, -0.15) is 0 Å². The van der Waals surface area contributed by atoms with Crippen LogP contribution >= 0.6 is 0 Å². The molecule has 0 N–H and O–H groups in total. The van der Waals surface area contributed by atoms with Crippen LogP contribution in [-0.2, 0) is 5.21 Å². The molecule has 2 heteroatoms. The summed E-state index contributed by atoms with van der Waals surface area (Å²) in [5.41, 5.74) is 0.725. The van der Waals surface area contributed by atoms with E-state index in [1.165, 1.54) is 12.8 Å². The minimum atomic E-state index is 0.725. The Hall–Kier alpha value is -0.530. The Labute approximate surface area is 56.6 Å². The molecule has 0 rings (SSSR count). The first-order valence-electron chi connectivity index (χ1n) is 3.47. The second kappa shape index (κ2) is 5.60. The van der Waals surface area contributed by atoms with Crippen LogP contribution < -0.4 is 0 Å². The van der Waals surface area contributed by atoms with Crippen molar-refractivity contribution < 1.29 is 5.21 Å². The molecule has 0 heterocycles. The largest absolute Gasteiger partial charge is 0.146 e. The van der Waals surface area contributed by atoms with E-state index in [2.05, 4.69) is 12.1 Å². The van der Waals surface area contributed by atoms with Crippen LogP contribution in [-0.4, -0.2) is 5.71 Å². The minimum Gasteiger partial charge on any atom is -0.146 e. The van der Waals surface area contributed by atoms with Crippen LogP contribution in [0.15, 0.2) is 5.16 Å². The molecule has 0 aliphatic rings. The lowest BCUT2D eigenvalue weighted by atomic mass is 10.1. The Bertz CT molecular complexity index is 88.9. The van der Waals surface area contributed by atoms with Crippen LogP contribution in [0.5, 0.6) is 0 Å². The van der Waals surface area contributed by atoms with Crippen molar-refractivity contribution in [3.8, 4) is 0 Å². The summed E-state index contributed by atoms with van der Waals surface area (Å²) in [6, 6.07) is 0. The van der Waals surface area contributed by atoms with E-state index in [-0.39, 0.29) is 0 Å². The molecule has 0 saturated carbocycles. The quantitative estimate of drug-likeness (QED) is 0.316. The van der Waals surface area contributed by atoms with Crippen molar-refractivity contribution in [3.63, 3.8) is 0 Å². The van der Waals surface area contributed by atoms with Crippen molar-refractivity contribution in [1.29, 1.82) is 0 Å². The molecule has 0 aromatic carbocycles. The third kappa shape index (κ3) is 5.34. The summed E-state index contributed by atoms with van der Waals surface area (Å²) in [5, 5.41) is 12.6. The van der Waals surface area contributed by atoms with Crippen molar-refractivity contribution in [1.82, 2.24) is 0 Å². The standard InChI is InChI=1S/C7H14NO/c1-3-4-5-6-7(2)8-9/h3-6H2,1-2H3. The predicted molar refractivity (Wildman–Crippen MR) is 37.9 cm³/mol. The first kappa shape index (κ1) is 8.47. The molecule has 0 unspecified atom stereocenters. The van der Waals surface area contributed by atoms with Crippen LogP contribution in [0.4, 0.5) is 0 Å². The van der Waals surface area contributed by atoms with Crippen LogP contribution in [0.1, 0.15) is 39.5 Å². The van der Waals surface area contributed by atoms with Gasteiger partial charge in [-0.05, 0) is 24.9 Å². The summed E-state index contributed by atoms with van der Waals surface area (Å²) in [6.45, 7) is 3.92. The van der Waals surface area contributed by atoms with E-state index >= 15 is 0 Å². The summed E-state index contributed by atoms with van der Waals surface area (Å²) in [7, 11) is 0. The first-order chi connectivity index (χ1) is 4.31. The van der Waals surface area contributed by atoms with Gasteiger partial charge in [0, 0.05) is 0 Å². The smallest absolute Gasteiger partial charge is 0.0593 e. The van der Waals surface area contributed by atoms with Gasteiger partial charge >= 0.3 is 0 Å². The Balaban J connectivity index is 3.07. The monoisotopic (exact) mass is 128 g/mol. The van der Waals surface area contributed by atoms with E-state index in [0.29, 0.717) is 0 Å². The van der Waals surface area contributed by atoms with Gasteiger partial charge in [0.25, 0.3) is 0 Å². The average Bonchev–Trinajstić information content (AvgIpc) is 1.89. The van der Waals surface area contributed by atoms with Gasteiger partial charge in [-0.15, -0.1) is 5.21 Å². The number of nitrogens with zero attached hydrogens (tertiary/aromatic N) is 1. The maximum absolute atomic E-state index is 9.81. The molecule has 0 aliphatic heterocycles. The molecule has 1 radical (unpaired) electrons. The molecule has 0 aromatic rings. The predicted octanol–water partition coefficient (Wildman–Crippen LogP) is 2.37. The van der Waals surface area contributed by atoms with Crippen molar-refractivity contribution in [3.05, 3.63) is 0 Å². The maximum Gasteiger partial charge on any atom is 0.0593 e. The van der Waals surface area contributed by atoms with Crippen LogP contribution in [0, 0.1) is 0 Å². The van der Waals surface area contributed by atoms with E-state index in [9.17, 15) is 5.21 Å². The summed E-state index contributed by atoms with van der Waals surface area (Å²) in [5.74, 6) is 0. The summed E-state index contributed by atoms with van der Waals surface area (Å²) in [4.78, 5) is 0. The van der Waals surface area contributed by atoms with Gasteiger partial charge in [0.15, 0.2) is 0 Å². The Kier molecular flexibility index (Phi) is 5.27. The lowest BCUT2D eigenvalue weighted by Gasteiger charge is -1.93. The topological polar surface area (TPSA) is 32.3 Å². The molecular weight excluding hydrogens is 114 g/mol. The molecule has 0 atom stereocenters. The normalized spacial score (nSPS) is 12.0. The van der Waals surface area contributed by atoms with E-state index < -0.39 is 0 Å². The summed E-state index contributed by atoms with van der Waals surface area (Å²) in [6.07, 6.45) is 4.38. The molecular formula is C7H14NO. The lowest BCUT2D eigenvalue weighted by Crippen LogP contribution is -1.89. The molecule has 0 amide bonds. The van der Waals surface area contributed by atoms with Crippen molar-refractivity contribution in [2.75, 3.05) is 0 Å². The first-order valence-corrected chi connectivity index (χ1v) is 3.47. The highest BCUT2D eigenvalue weighted by atomic mass is 16.4. The SMILES string of the molecule is CCCCCC(C)=N[O]. The number of unbranched alkanes of at least 4 members (excludes halogenated alkanes) is 2. The van der Waals surface area contributed by atoms with Gasteiger partial charge in [0.05, 0.1) is 5.71 Å². The molecule has 0 fully saturated rings. The zero-order valence-electron chi connectivity index (χ0n) is 6.18. The number of rotatable bonds is 4. The third-order valence-corrected chi connectivity index (χ3v) is 1.30. The number of hydrogen-bond donors (Lipinski definition) is 0. The molecule has 0 spiro atoms. The van der Waals surface area contributed by atoms with Gasteiger partial charge in [-0.3, -0.25) is 0 Å². The highest BCUT2D eigenvalue weighted by molar-refractivity contribution is 5.81. The fraction of sp³-hybridized carbons (Fsp3) is 0.857. The second-order valence-electron chi connectivity index (χ2n) is 2.28. The molecule has 9 heavy (non-hydrogen) atoms. The molecule has 53 valence electrons. The zero-order valence-corrected chi connectivity index (χ0v) is 6.18. The molecule has 0 bridgehead atoms. The molecule has 0 aromatic heterocycles. The van der Waals surface area contributed by atoms with Crippen LogP contribution in [0.25, 0.3) is 0 Å².